The zero-order valence-corrected chi connectivity index (χ0v) is 16.8. The summed E-state index contributed by atoms with van der Waals surface area (Å²) in [7, 11) is 0. The first-order valence-corrected chi connectivity index (χ1v) is 9.52. The number of ether oxygens (including phenoxy) is 1. The van der Waals surface area contributed by atoms with Gasteiger partial charge in [-0.3, -0.25) is 19.7 Å². The number of alkyl carbamates (subject to hydrolysis) is 1. The molecule has 0 atom stereocenters. The van der Waals surface area contributed by atoms with Gasteiger partial charge in [0.1, 0.15) is 6.61 Å². The first-order valence-electron chi connectivity index (χ1n) is 9.52. The van der Waals surface area contributed by atoms with Crippen molar-refractivity contribution in [2.24, 2.45) is 0 Å². The predicted molar refractivity (Wildman–Crippen MR) is 116 cm³/mol. The van der Waals surface area contributed by atoms with E-state index in [9.17, 15) is 24.5 Å². The number of hydrogen-bond acceptors (Lipinski definition) is 7. The number of rotatable bonds is 8. The van der Waals surface area contributed by atoms with Crippen LogP contribution < -0.4 is 11.1 Å². The van der Waals surface area contributed by atoms with Crippen molar-refractivity contribution in [1.82, 2.24) is 5.32 Å². The molecule has 0 spiro atoms. The number of Topliss-reactive ketones (excluding diaryl/α,β-unsaturated/α-hetero) is 1. The number of non-ortho nitro benzene ring substituents is 1. The van der Waals surface area contributed by atoms with E-state index >= 15 is 0 Å². The molecule has 0 bridgehead atoms. The van der Waals surface area contributed by atoms with Crippen LogP contribution >= 0.6 is 0 Å². The lowest BCUT2D eigenvalue weighted by Gasteiger charge is -2.12. The number of nitrogens with zero attached hydrogens (tertiary/aromatic N) is 1. The Balaban J connectivity index is 1.79. The Morgan fingerprint density at radius 2 is 1.59 bits per heavy atom. The first-order chi connectivity index (χ1) is 15.4. The van der Waals surface area contributed by atoms with E-state index in [2.05, 4.69) is 5.32 Å². The van der Waals surface area contributed by atoms with Crippen LogP contribution in [0.15, 0.2) is 72.8 Å². The maximum Gasteiger partial charge on any atom is 0.407 e. The van der Waals surface area contributed by atoms with Crippen LogP contribution in [0.5, 0.6) is 0 Å². The third-order valence-corrected chi connectivity index (χ3v) is 4.53. The lowest BCUT2D eigenvalue weighted by molar-refractivity contribution is -0.384. The zero-order chi connectivity index (χ0) is 23.1. The van der Waals surface area contributed by atoms with Crippen LogP contribution in [0.4, 0.5) is 16.2 Å². The molecule has 0 aliphatic heterocycles. The Kier molecular flexibility index (Phi) is 6.92. The fraction of sp³-hybridized carbons (Fsp3) is 0.0870. The number of nitrogens with one attached hydrogen (secondary N) is 1. The minimum Gasteiger partial charge on any atom is -0.445 e. The average molecular weight is 433 g/mol. The van der Waals surface area contributed by atoms with Crippen LogP contribution in [0.1, 0.15) is 31.8 Å². The fourth-order valence-corrected chi connectivity index (χ4v) is 3.00. The van der Waals surface area contributed by atoms with Crippen molar-refractivity contribution in [3.63, 3.8) is 0 Å². The van der Waals surface area contributed by atoms with Crippen molar-refractivity contribution in [2.75, 3.05) is 12.3 Å². The summed E-state index contributed by atoms with van der Waals surface area (Å²) >= 11 is 0. The van der Waals surface area contributed by atoms with E-state index < -0.39 is 34.8 Å². The van der Waals surface area contributed by atoms with Gasteiger partial charge >= 0.3 is 6.09 Å². The molecule has 0 fully saturated rings. The second-order valence-electron chi connectivity index (χ2n) is 6.75. The van der Waals surface area contributed by atoms with Gasteiger partial charge in [-0.2, -0.15) is 0 Å². The number of nitro benzene ring substituents is 1. The van der Waals surface area contributed by atoms with Crippen LogP contribution in [0, 0.1) is 10.1 Å². The number of benzene rings is 3. The predicted octanol–water partition coefficient (Wildman–Crippen LogP) is 3.52. The Labute approximate surface area is 183 Å². The number of ketones is 2. The first kappa shape index (κ1) is 22.2. The number of anilines is 1. The molecular weight excluding hydrogens is 414 g/mol. The zero-order valence-electron chi connectivity index (χ0n) is 16.8. The third kappa shape index (κ3) is 5.33. The summed E-state index contributed by atoms with van der Waals surface area (Å²) in [6.07, 6.45) is -0.835. The summed E-state index contributed by atoms with van der Waals surface area (Å²) in [6.45, 7) is -0.497. The highest BCUT2D eigenvalue weighted by Crippen LogP contribution is 2.27. The summed E-state index contributed by atoms with van der Waals surface area (Å²) in [5.41, 5.74) is 5.82. The number of nitrogens with two attached hydrogens (primary N) is 1. The van der Waals surface area contributed by atoms with Crippen molar-refractivity contribution < 1.29 is 24.0 Å². The van der Waals surface area contributed by atoms with E-state index in [-0.39, 0.29) is 29.0 Å². The Hall–Kier alpha value is -4.53. The fourth-order valence-electron chi connectivity index (χ4n) is 3.00. The lowest BCUT2D eigenvalue weighted by atomic mass is 9.94. The van der Waals surface area contributed by atoms with Crippen LogP contribution in [0.2, 0.25) is 0 Å². The van der Waals surface area contributed by atoms with Crippen LogP contribution in [-0.4, -0.2) is 29.1 Å². The van der Waals surface area contributed by atoms with Gasteiger partial charge in [0.15, 0.2) is 11.6 Å². The largest absolute Gasteiger partial charge is 0.445 e. The van der Waals surface area contributed by atoms with Gasteiger partial charge in [-0.05, 0) is 5.56 Å². The summed E-state index contributed by atoms with van der Waals surface area (Å²) in [5, 5.41) is 13.5. The van der Waals surface area contributed by atoms with E-state index in [4.69, 9.17) is 10.5 Å². The molecule has 3 aromatic rings. The second kappa shape index (κ2) is 9.98. The highest BCUT2D eigenvalue weighted by atomic mass is 16.6. The second-order valence-corrected chi connectivity index (χ2v) is 6.75. The molecule has 9 nitrogen and oxygen atoms in total. The molecule has 3 aromatic carbocycles. The summed E-state index contributed by atoms with van der Waals surface area (Å²) in [4.78, 5) is 48.2. The quantitative estimate of drug-likeness (QED) is 0.239. The van der Waals surface area contributed by atoms with Crippen LogP contribution in [0.25, 0.3) is 0 Å². The SMILES string of the molecule is Nc1cc([N+](=O)[O-])cc(C(=O)c2ccccc2)c1C(=O)CNC(=O)OCc1ccccc1. The number of hydrogen-bond donors (Lipinski definition) is 2. The summed E-state index contributed by atoms with van der Waals surface area (Å²) in [5.74, 6) is -1.29. The molecule has 3 N–H and O–H groups in total. The number of amides is 1. The summed E-state index contributed by atoms with van der Waals surface area (Å²) < 4.78 is 5.05. The maximum atomic E-state index is 13.0. The standard InChI is InChI=1S/C23H19N3O6/c24-19-12-17(26(30)31)11-18(22(28)16-9-5-2-6-10-16)21(19)20(27)13-25-23(29)32-14-15-7-3-1-4-8-15/h1-12H,13-14,24H2,(H,25,29). The normalized spacial score (nSPS) is 10.2. The van der Waals surface area contributed by atoms with E-state index in [0.717, 1.165) is 17.7 Å². The Bertz CT molecular complexity index is 1160. The minimum atomic E-state index is -0.835. The topological polar surface area (TPSA) is 142 Å². The van der Waals surface area contributed by atoms with E-state index in [1.807, 2.05) is 6.07 Å². The highest BCUT2D eigenvalue weighted by molar-refractivity contribution is 6.18. The monoisotopic (exact) mass is 433 g/mol. The molecule has 9 heteroatoms. The van der Waals surface area contributed by atoms with Crippen molar-refractivity contribution in [2.45, 2.75) is 6.61 Å². The molecule has 162 valence electrons. The lowest BCUT2D eigenvalue weighted by Crippen LogP contribution is -2.31. The molecule has 0 aliphatic carbocycles. The van der Waals surface area contributed by atoms with Crippen molar-refractivity contribution >= 4 is 29.0 Å². The number of nitrogen functional groups attached to an aromatic ring is 1. The Morgan fingerprint density at radius 1 is 0.969 bits per heavy atom. The molecule has 0 aromatic heterocycles. The molecule has 0 radical (unpaired) electrons. The van der Waals surface area contributed by atoms with Gasteiger partial charge in [0.05, 0.1) is 22.7 Å². The number of carbonyl (C=O) groups is 3. The molecule has 0 heterocycles. The van der Waals surface area contributed by atoms with Gasteiger partial charge in [-0.15, -0.1) is 0 Å². The van der Waals surface area contributed by atoms with Crippen LogP contribution in [-0.2, 0) is 11.3 Å². The van der Waals surface area contributed by atoms with Crippen molar-refractivity contribution in [1.29, 1.82) is 0 Å². The van der Waals surface area contributed by atoms with Gasteiger partial charge in [-0.25, -0.2) is 4.79 Å². The number of carbonyl (C=O) groups excluding carboxylic acids is 3. The molecule has 3 rings (SSSR count). The third-order valence-electron chi connectivity index (χ3n) is 4.53. The number of nitro groups is 1. The highest BCUT2D eigenvalue weighted by Gasteiger charge is 2.25. The average Bonchev–Trinajstić information content (AvgIpc) is 2.81. The van der Waals surface area contributed by atoms with Crippen LogP contribution in [0.3, 0.4) is 0 Å². The summed E-state index contributed by atoms with van der Waals surface area (Å²) in [6, 6.07) is 19.0. The minimum absolute atomic E-state index is 0.0122. The molecule has 1 amide bonds. The molecule has 0 saturated heterocycles. The van der Waals surface area contributed by atoms with Crippen molar-refractivity contribution in [3.05, 3.63) is 105 Å². The van der Waals surface area contributed by atoms with Gasteiger partial charge in [0.25, 0.3) is 5.69 Å². The van der Waals surface area contributed by atoms with Gasteiger partial charge in [0, 0.05) is 23.3 Å². The van der Waals surface area contributed by atoms with Crippen molar-refractivity contribution in [3.8, 4) is 0 Å². The smallest absolute Gasteiger partial charge is 0.407 e. The molecule has 0 saturated carbocycles. The molecule has 32 heavy (non-hydrogen) atoms. The van der Waals surface area contributed by atoms with E-state index in [0.29, 0.717) is 0 Å². The molecular formula is C23H19N3O6. The molecule has 0 aliphatic rings. The van der Waals surface area contributed by atoms with E-state index in [1.54, 1.807) is 42.5 Å². The van der Waals surface area contributed by atoms with Gasteiger partial charge < -0.3 is 15.8 Å². The maximum absolute atomic E-state index is 13.0. The van der Waals surface area contributed by atoms with Gasteiger partial charge in [-0.1, -0.05) is 60.7 Å². The molecule has 0 unspecified atom stereocenters. The Morgan fingerprint density at radius 3 is 2.22 bits per heavy atom. The van der Waals surface area contributed by atoms with E-state index in [1.165, 1.54) is 12.1 Å². The van der Waals surface area contributed by atoms with Gasteiger partial charge in [0.2, 0.25) is 0 Å².